The van der Waals surface area contributed by atoms with Gasteiger partial charge in [0.25, 0.3) is 0 Å². The molecular formula is C17H16N2O2. The van der Waals surface area contributed by atoms with Gasteiger partial charge in [-0.25, -0.2) is 9.97 Å². The van der Waals surface area contributed by atoms with E-state index in [-0.39, 0.29) is 6.61 Å². The fraction of sp³-hybridized carbons (Fsp3) is 0.176. The molecule has 1 N–H and O–H groups in total. The Labute approximate surface area is 123 Å². The van der Waals surface area contributed by atoms with Gasteiger partial charge in [-0.15, -0.1) is 0 Å². The zero-order chi connectivity index (χ0) is 14.7. The van der Waals surface area contributed by atoms with E-state index in [0.717, 1.165) is 22.3 Å². The van der Waals surface area contributed by atoms with Crippen LogP contribution in [0.5, 0.6) is 11.6 Å². The number of hydrogen-bond acceptors (Lipinski definition) is 4. The molecule has 0 fully saturated rings. The molecule has 0 radical (unpaired) electrons. The highest BCUT2D eigenvalue weighted by Crippen LogP contribution is 2.27. The molecule has 4 heteroatoms. The number of fused-ring (bicyclic) bond motifs is 1. The van der Waals surface area contributed by atoms with Gasteiger partial charge in [0.15, 0.2) is 0 Å². The maximum absolute atomic E-state index is 9.12. The first-order valence-electron chi connectivity index (χ1n) is 6.88. The van der Waals surface area contributed by atoms with Crippen molar-refractivity contribution in [1.29, 1.82) is 0 Å². The molecule has 0 unspecified atom stereocenters. The third-order valence-electron chi connectivity index (χ3n) is 3.26. The molecule has 0 atom stereocenters. The van der Waals surface area contributed by atoms with Crippen LogP contribution in [-0.4, -0.2) is 21.7 Å². The molecule has 0 aliphatic rings. The summed E-state index contributed by atoms with van der Waals surface area (Å²) in [5.74, 6) is 1.21. The van der Waals surface area contributed by atoms with Crippen LogP contribution in [-0.2, 0) is 6.42 Å². The van der Waals surface area contributed by atoms with Crippen molar-refractivity contribution in [3.63, 3.8) is 0 Å². The van der Waals surface area contributed by atoms with E-state index >= 15 is 0 Å². The Morgan fingerprint density at radius 2 is 1.62 bits per heavy atom. The van der Waals surface area contributed by atoms with Gasteiger partial charge in [0.05, 0.1) is 11.0 Å². The maximum atomic E-state index is 9.12. The SMILES string of the molecule is Cc1nc2ccccc2nc1Oc1ccccc1CCO. The highest BCUT2D eigenvalue weighted by atomic mass is 16.5. The van der Waals surface area contributed by atoms with Crippen LogP contribution in [0, 0.1) is 6.92 Å². The lowest BCUT2D eigenvalue weighted by Crippen LogP contribution is -1.99. The van der Waals surface area contributed by atoms with Crippen LogP contribution in [0.2, 0.25) is 0 Å². The number of para-hydroxylation sites is 3. The smallest absolute Gasteiger partial charge is 0.241 e. The standard InChI is InChI=1S/C17H16N2O2/c1-12-17(19-15-8-4-3-7-14(15)18-12)21-16-9-5-2-6-13(16)10-11-20/h2-9,20H,10-11H2,1H3. The molecule has 21 heavy (non-hydrogen) atoms. The van der Waals surface area contributed by atoms with E-state index in [4.69, 9.17) is 9.84 Å². The van der Waals surface area contributed by atoms with Gasteiger partial charge < -0.3 is 9.84 Å². The number of hydrogen-bond donors (Lipinski definition) is 1. The van der Waals surface area contributed by atoms with E-state index in [1.165, 1.54) is 0 Å². The average Bonchev–Trinajstić information content (AvgIpc) is 2.50. The molecule has 1 heterocycles. The zero-order valence-electron chi connectivity index (χ0n) is 11.8. The summed E-state index contributed by atoms with van der Waals surface area (Å²) in [5.41, 5.74) is 3.35. The Kier molecular flexibility index (Phi) is 3.79. The summed E-state index contributed by atoms with van der Waals surface area (Å²) in [4.78, 5) is 9.03. The topological polar surface area (TPSA) is 55.2 Å². The van der Waals surface area contributed by atoms with E-state index in [9.17, 15) is 0 Å². The van der Waals surface area contributed by atoms with Crippen LogP contribution >= 0.6 is 0 Å². The van der Waals surface area contributed by atoms with Crippen LogP contribution in [0.25, 0.3) is 11.0 Å². The zero-order valence-corrected chi connectivity index (χ0v) is 11.8. The second-order valence-electron chi connectivity index (χ2n) is 4.79. The number of ether oxygens (including phenoxy) is 1. The third kappa shape index (κ3) is 2.85. The first kappa shape index (κ1) is 13.5. The quantitative estimate of drug-likeness (QED) is 0.797. The second kappa shape index (κ2) is 5.89. The summed E-state index contributed by atoms with van der Waals surface area (Å²) in [5, 5.41) is 9.12. The van der Waals surface area contributed by atoms with Crippen molar-refractivity contribution in [3.05, 3.63) is 59.8 Å². The molecule has 106 valence electrons. The molecule has 3 rings (SSSR count). The number of nitrogens with zero attached hydrogens (tertiary/aromatic N) is 2. The van der Waals surface area contributed by atoms with Crippen LogP contribution < -0.4 is 4.74 Å². The van der Waals surface area contributed by atoms with Gasteiger partial charge in [0, 0.05) is 6.61 Å². The number of aromatic nitrogens is 2. The van der Waals surface area contributed by atoms with Gasteiger partial charge in [-0.05, 0) is 37.1 Å². The van der Waals surface area contributed by atoms with Gasteiger partial charge in [-0.3, -0.25) is 0 Å². The summed E-state index contributed by atoms with van der Waals surface area (Å²) < 4.78 is 5.92. The summed E-state index contributed by atoms with van der Waals surface area (Å²) in [6.07, 6.45) is 0.552. The fourth-order valence-electron chi connectivity index (χ4n) is 2.20. The lowest BCUT2D eigenvalue weighted by molar-refractivity contribution is 0.297. The number of aliphatic hydroxyl groups excluding tert-OH is 1. The van der Waals surface area contributed by atoms with Crippen molar-refractivity contribution < 1.29 is 9.84 Å². The highest BCUT2D eigenvalue weighted by Gasteiger charge is 2.09. The van der Waals surface area contributed by atoms with Gasteiger partial charge in [-0.2, -0.15) is 0 Å². The van der Waals surface area contributed by atoms with E-state index in [1.54, 1.807) is 0 Å². The predicted molar refractivity (Wildman–Crippen MR) is 81.6 cm³/mol. The van der Waals surface area contributed by atoms with E-state index in [2.05, 4.69) is 9.97 Å². The number of benzene rings is 2. The Balaban J connectivity index is 2.00. The van der Waals surface area contributed by atoms with E-state index in [0.29, 0.717) is 18.1 Å². The van der Waals surface area contributed by atoms with E-state index in [1.807, 2.05) is 55.5 Å². The summed E-state index contributed by atoms with van der Waals surface area (Å²) in [6.45, 7) is 1.96. The van der Waals surface area contributed by atoms with Crippen LogP contribution in [0.1, 0.15) is 11.3 Å². The molecular weight excluding hydrogens is 264 g/mol. The largest absolute Gasteiger partial charge is 0.437 e. The van der Waals surface area contributed by atoms with Crippen molar-refractivity contribution in [2.24, 2.45) is 0 Å². The van der Waals surface area contributed by atoms with Crippen molar-refractivity contribution >= 4 is 11.0 Å². The minimum atomic E-state index is 0.0861. The summed E-state index contributed by atoms with van der Waals surface area (Å²) in [6, 6.07) is 15.4. The molecule has 0 saturated heterocycles. The van der Waals surface area contributed by atoms with Crippen molar-refractivity contribution in [2.75, 3.05) is 6.61 Å². The highest BCUT2D eigenvalue weighted by molar-refractivity contribution is 5.74. The molecule has 1 aromatic heterocycles. The molecule has 3 aromatic rings. The molecule has 0 aliphatic heterocycles. The predicted octanol–water partition coefficient (Wildman–Crippen LogP) is 3.27. The fourth-order valence-corrected chi connectivity index (χ4v) is 2.20. The first-order valence-corrected chi connectivity index (χ1v) is 6.88. The van der Waals surface area contributed by atoms with Crippen molar-refractivity contribution in [3.8, 4) is 11.6 Å². The third-order valence-corrected chi connectivity index (χ3v) is 3.26. The monoisotopic (exact) mass is 280 g/mol. The Bertz CT molecular complexity index is 772. The second-order valence-corrected chi connectivity index (χ2v) is 4.79. The summed E-state index contributed by atoms with van der Waals surface area (Å²) >= 11 is 0. The molecule has 0 bridgehead atoms. The summed E-state index contributed by atoms with van der Waals surface area (Å²) in [7, 11) is 0. The maximum Gasteiger partial charge on any atom is 0.241 e. The Morgan fingerprint density at radius 1 is 0.952 bits per heavy atom. The molecule has 2 aromatic carbocycles. The normalized spacial score (nSPS) is 10.8. The van der Waals surface area contributed by atoms with Crippen molar-refractivity contribution in [1.82, 2.24) is 9.97 Å². The molecule has 0 aliphatic carbocycles. The van der Waals surface area contributed by atoms with Crippen LogP contribution in [0.3, 0.4) is 0 Å². The average molecular weight is 280 g/mol. The molecule has 0 spiro atoms. The number of rotatable bonds is 4. The van der Waals surface area contributed by atoms with E-state index < -0.39 is 0 Å². The van der Waals surface area contributed by atoms with Crippen LogP contribution in [0.4, 0.5) is 0 Å². The molecule has 0 saturated carbocycles. The molecule has 0 amide bonds. The Morgan fingerprint density at radius 3 is 2.38 bits per heavy atom. The van der Waals surface area contributed by atoms with Gasteiger partial charge >= 0.3 is 0 Å². The Hall–Kier alpha value is -2.46. The van der Waals surface area contributed by atoms with Gasteiger partial charge in [-0.1, -0.05) is 30.3 Å². The lowest BCUT2D eigenvalue weighted by Gasteiger charge is -2.11. The first-order chi connectivity index (χ1) is 10.3. The van der Waals surface area contributed by atoms with Crippen LogP contribution in [0.15, 0.2) is 48.5 Å². The van der Waals surface area contributed by atoms with Gasteiger partial charge in [0.2, 0.25) is 5.88 Å². The number of aliphatic hydroxyl groups is 1. The number of aryl methyl sites for hydroxylation is 1. The van der Waals surface area contributed by atoms with Gasteiger partial charge in [0.1, 0.15) is 11.4 Å². The van der Waals surface area contributed by atoms with Crippen molar-refractivity contribution in [2.45, 2.75) is 13.3 Å². The minimum absolute atomic E-state index is 0.0861. The minimum Gasteiger partial charge on any atom is -0.437 e. The lowest BCUT2D eigenvalue weighted by atomic mass is 10.1. The molecule has 4 nitrogen and oxygen atoms in total.